The van der Waals surface area contributed by atoms with Crippen molar-refractivity contribution in [3.8, 4) is 5.75 Å². The van der Waals surface area contributed by atoms with Gasteiger partial charge in [-0.25, -0.2) is 0 Å². The van der Waals surface area contributed by atoms with Crippen LogP contribution in [-0.4, -0.2) is 23.5 Å². The topological polar surface area (TPSA) is 41.6 Å². The highest BCUT2D eigenvalue weighted by Crippen LogP contribution is 2.43. The molecular formula is C18H15BrF2N2O2. The molecule has 0 aromatic heterocycles. The summed E-state index contributed by atoms with van der Waals surface area (Å²) in [4.78, 5) is 14.7. The summed E-state index contributed by atoms with van der Waals surface area (Å²) in [6.07, 6.45) is 1.26. The van der Waals surface area contributed by atoms with Gasteiger partial charge in [0.25, 0.3) is 5.91 Å². The summed E-state index contributed by atoms with van der Waals surface area (Å²) >= 11 is 3.37. The highest BCUT2D eigenvalue weighted by molar-refractivity contribution is 9.10. The van der Waals surface area contributed by atoms with Gasteiger partial charge in [0.05, 0.1) is 5.56 Å². The number of nitrogens with one attached hydrogen (secondary N) is 1. The fourth-order valence-corrected chi connectivity index (χ4v) is 3.54. The number of alkyl halides is 2. The zero-order valence-electron chi connectivity index (χ0n) is 13.1. The number of carbonyl (C=O) groups is 1. The molecule has 7 heteroatoms. The number of nitrogens with zero attached hydrogens (tertiary/aromatic N) is 1. The first kappa shape index (κ1) is 16.3. The summed E-state index contributed by atoms with van der Waals surface area (Å²) in [6.45, 7) is -2.93. The van der Waals surface area contributed by atoms with E-state index in [1.807, 2.05) is 18.2 Å². The largest absolute Gasteiger partial charge is 0.434 e. The van der Waals surface area contributed by atoms with Crippen LogP contribution >= 0.6 is 15.9 Å². The summed E-state index contributed by atoms with van der Waals surface area (Å²) in [5, 5.41) is 3.32. The van der Waals surface area contributed by atoms with Crippen LogP contribution in [0.15, 0.2) is 46.9 Å². The molecule has 1 aliphatic heterocycles. The quantitative estimate of drug-likeness (QED) is 0.791. The number of benzene rings is 2. The fraction of sp³-hybridized carbons (Fsp3) is 0.278. The van der Waals surface area contributed by atoms with Crippen LogP contribution in [0, 0.1) is 0 Å². The van der Waals surface area contributed by atoms with Gasteiger partial charge in [-0.3, -0.25) is 4.79 Å². The fourth-order valence-electron chi connectivity index (χ4n) is 3.16. The molecule has 1 amide bonds. The van der Waals surface area contributed by atoms with Crippen molar-refractivity contribution < 1.29 is 18.3 Å². The molecule has 1 fully saturated rings. The van der Waals surface area contributed by atoms with Crippen LogP contribution in [0.3, 0.4) is 0 Å². The van der Waals surface area contributed by atoms with Gasteiger partial charge in [-0.1, -0.05) is 28.1 Å². The van der Waals surface area contributed by atoms with Gasteiger partial charge in [-0.05, 0) is 43.2 Å². The number of ether oxygens (including phenoxy) is 1. The second-order valence-corrected chi connectivity index (χ2v) is 7.01. The summed E-state index contributed by atoms with van der Waals surface area (Å²) < 4.78 is 31.1. The maximum atomic E-state index is 13.0. The van der Waals surface area contributed by atoms with Gasteiger partial charge in [0.15, 0.2) is 0 Å². The number of carbonyl (C=O) groups excluding carboxylic acids is 1. The van der Waals surface area contributed by atoms with E-state index in [1.165, 1.54) is 6.07 Å². The van der Waals surface area contributed by atoms with Gasteiger partial charge >= 0.3 is 6.61 Å². The molecule has 1 saturated carbocycles. The van der Waals surface area contributed by atoms with E-state index in [1.54, 1.807) is 23.1 Å². The van der Waals surface area contributed by atoms with E-state index < -0.39 is 12.8 Å². The molecule has 0 bridgehead atoms. The van der Waals surface area contributed by atoms with Gasteiger partial charge in [0.2, 0.25) is 0 Å². The van der Waals surface area contributed by atoms with Crippen molar-refractivity contribution in [1.82, 2.24) is 4.90 Å². The highest BCUT2D eigenvalue weighted by atomic mass is 79.9. The molecule has 2 aromatic carbocycles. The minimum Gasteiger partial charge on any atom is -0.434 e. The van der Waals surface area contributed by atoms with Crippen molar-refractivity contribution >= 4 is 27.5 Å². The number of fused-ring (bicyclic) bond motifs is 1. The predicted molar refractivity (Wildman–Crippen MR) is 92.8 cm³/mol. The van der Waals surface area contributed by atoms with E-state index in [2.05, 4.69) is 21.2 Å². The molecule has 1 aliphatic carbocycles. The first-order valence-electron chi connectivity index (χ1n) is 7.97. The van der Waals surface area contributed by atoms with Crippen LogP contribution < -0.4 is 10.1 Å². The molecule has 0 radical (unpaired) electrons. The number of rotatable bonds is 4. The van der Waals surface area contributed by atoms with E-state index in [9.17, 15) is 13.6 Å². The minimum absolute atomic E-state index is 0.0635. The first-order chi connectivity index (χ1) is 12.0. The molecule has 25 heavy (non-hydrogen) atoms. The lowest BCUT2D eigenvalue weighted by Crippen LogP contribution is -2.44. The van der Waals surface area contributed by atoms with Crippen LogP contribution in [0.1, 0.15) is 34.9 Å². The summed E-state index contributed by atoms with van der Waals surface area (Å²) in [6, 6.07) is 12.2. The predicted octanol–water partition coefficient (Wildman–Crippen LogP) is 4.78. The van der Waals surface area contributed by atoms with Gasteiger partial charge in [0.1, 0.15) is 11.9 Å². The molecule has 2 aliphatic rings. The van der Waals surface area contributed by atoms with Crippen LogP contribution in [0.25, 0.3) is 0 Å². The Hall–Kier alpha value is -2.15. The molecule has 2 aromatic rings. The van der Waals surface area contributed by atoms with Crippen molar-refractivity contribution in [3.05, 3.63) is 58.1 Å². The molecular weight excluding hydrogens is 394 g/mol. The smallest absolute Gasteiger partial charge is 0.387 e. The standard InChI is InChI=1S/C18H15BrF2N2O2/c19-10-5-8-15(25-18(20)21)13(9-10)16-22-14-4-2-1-3-12(14)17(24)23(16)11-6-7-11/h1-5,8-9,11,16,18,22H,6-7H2. The SMILES string of the molecule is O=C1c2ccccc2NC(c2cc(Br)ccc2OC(F)F)N1C1CC1. The Morgan fingerprint density at radius 1 is 1.20 bits per heavy atom. The Balaban J connectivity index is 1.81. The van der Waals surface area contributed by atoms with Crippen molar-refractivity contribution in [2.24, 2.45) is 0 Å². The molecule has 130 valence electrons. The van der Waals surface area contributed by atoms with Gasteiger partial charge in [-0.15, -0.1) is 0 Å². The number of amides is 1. The zero-order valence-corrected chi connectivity index (χ0v) is 14.7. The van der Waals surface area contributed by atoms with Gasteiger partial charge < -0.3 is 15.0 Å². The Bertz CT molecular complexity index is 826. The molecule has 1 N–H and O–H groups in total. The number of hydrogen-bond acceptors (Lipinski definition) is 3. The normalized spacial score (nSPS) is 19.6. The third kappa shape index (κ3) is 3.08. The molecule has 1 heterocycles. The monoisotopic (exact) mass is 408 g/mol. The number of para-hydroxylation sites is 1. The Kier molecular flexibility index (Phi) is 4.11. The average Bonchev–Trinajstić information content (AvgIpc) is 3.41. The molecule has 0 saturated heterocycles. The van der Waals surface area contributed by atoms with Crippen molar-refractivity contribution in [2.75, 3.05) is 5.32 Å². The number of halogens is 3. The first-order valence-corrected chi connectivity index (χ1v) is 8.76. The minimum atomic E-state index is -2.93. The lowest BCUT2D eigenvalue weighted by atomic mass is 10.0. The van der Waals surface area contributed by atoms with E-state index >= 15 is 0 Å². The van der Waals surface area contributed by atoms with E-state index in [0.29, 0.717) is 16.8 Å². The van der Waals surface area contributed by atoms with E-state index in [-0.39, 0.29) is 17.7 Å². The van der Waals surface area contributed by atoms with Crippen LogP contribution in [0.4, 0.5) is 14.5 Å². The second kappa shape index (κ2) is 6.29. The lowest BCUT2D eigenvalue weighted by Gasteiger charge is -2.39. The van der Waals surface area contributed by atoms with Crippen molar-refractivity contribution in [3.63, 3.8) is 0 Å². The Morgan fingerprint density at radius 3 is 2.68 bits per heavy atom. The molecule has 0 spiro atoms. The number of hydrogen-bond donors (Lipinski definition) is 1. The average molecular weight is 409 g/mol. The van der Waals surface area contributed by atoms with Crippen molar-refractivity contribution in [2.45, 2.75) is 31.7 Å². The summed E-state index contributed by atoms with van der Waals surface area (Å²) in [5.41, 5.74) is 1.79. The third-order valence-electron chi connectivity index (χ3n) is 4.39. The van der Waals surface area contributed by atoms with Crippen LogP contribution in [0.5, 0.6) is 5.75 Å². The molecule has 4 rings (SSSR count). The van der Waals surface area contributed by atoms with E-state index in [0.717, 1.165) is 17.3 Å². The van der Waals surface area contributed by atoms with Gasteiger partial charge in [-0.2, -0.15) is 8.78 Å². The number of anilines is 1. The molecule has 4 nitrogen and oxygen atoms in total. The zero-order chi connectivity index (χ0) is 17.6. The lowest BCUT2D eigenvalue weighted by molar-refractivity contribution is -0.0509. The van der Waals surface area contributed by atoms with Gasteiger partial charge in [0, 0.05) is 21.8 Å². The Labute approximate surface area is 151 Å². The van der Waals surface area contributed by atoms with Crippen molar-refractivity contribution in [1.29, 1.82) is 0 Å². The summed E-state index contributed by atoms with van der Waals surface area (Å²) in [5.74, 6) is -0.0293. The Morgan fingerprint density at radius 2 is 1.96 bits per heavy atom. The maximum absolute atomic E-state index is 13.0. The maximum Gasteiger partial charge on any atom is 0.387 e. The second-order valence-electron chi connectivity index (χ2n) is 6.10. The molecule has 1 unspecified atom stereocenters. The van der Waals surface area contributed by atoms with Crippen LogP contribution in [0.2, 0.25) is 0 Å². The van der Waals surface area contributed by atoms with Crippen LogP contribution in [-0.2, 0) is 0 Å². The third-order valence-corrected chi connectivity index (χ3v) is 4.88. The highest BCUT2D eigenvalue weighted by Gasteiger charge is 2.43. The summed E-state index contributed by atoms with van der Waals surface area (Å²) in [7, 11) is 0. The molecule has 1 atom stereocenters. The van der Waals surface area contributed by atoms with E-state index in [4.69, 9.17) is 4.74 Å².